The Balaban J connectivity index is 1.79. The number of hydrogen-bond donors (Lipinski definition) is 1. The quantitative estimate of drug-likeness (QED) is 0.763. The van der Waals surface area contributed by atoms with Crippen molar-refractivity contribution in [2.24, 2.45) is 5.73 Å². The average molecular weight is 394 g/mol. The Morgan fingerprint density at radius 3 is 2.69 bits per heavy atom. The fourth-order valence-electron chi connectivity index (χ4n) is 3.62. The highest BCUT2D eigenvalue weighted by Crippen LogP contribution is 2.32. The molecule has 0 aromatic heterocycles. The summed E-state index contributed by atoms with van der Waals surface area (Å²) in [6.07, 6.45) is 5.28. The zero-order valence-corrected chi connectivity index (χ0v) is 17.0. The van der Waals surface area contributed by atoms with Crippen LogP contribution >= 0.6 is 0 Å². The van der Waals surface area contributed by atoms with E-state index in [0.29, 0.717) is 18.0 Å². The van der Waals surface area contributed by atoms with Crippen molar-refractivity contribution in [3.05, 3.63) is 58.7 Å². The van der Waals surface area contributed by atoms with E-state index in [2.05, 4.69) is 26.0 Å². The van der Waals surface area contributed by atoms with Crippen molar-refractivity contribution in [1.82, 2.24) is 0 Å². The van der Waals surface area contributed by atoms with Gasteiger partial charge in [0.05, 0.1) is 7.11 Å². The van der Waals surface area contributed by atoms with Gasteiger partial charge in [0.25, 0.3) is 11.8 Å². The third kappa shape index (κ3) is 4.77. The molecule has 0 atom stereocenters. The number of aryl methyl sites for hydroxylation is 2. The monoisotopic (exact) mass is 394 g/mol. The average Bonchev–Trinajstić information content (AvgIpc) is 2.70. The Kier molecular flexibility index (Phi) is 6.22. The molecule has 0 aliphatic carbocycles. The summed E-state index contributed by atoms with van der Waals surface area (Å²) in [5, 5.41) is 0. The minimum atomic E-state index is -0.561. The van der Waals surface area contributed by atoms with Crippen LogP contribution in [0.3, 0.4) is 0 Å². The molecular weight excluding hydrogens is 368 g/mol. The van der Waals surface area contributed by atoms with Crippen LogP contribution < -0.4 is 20.1 Å². The highest BCUT2D eigenvalue weighted by Gasteiger charge is 2.22. The molecule has 1 aliphatic rings. The Hall–Kier alpha value is -3.28. The van der Waals surface area contributed by atoms with Gasteiger partial charge in [0.2, 0.25) is 0 Å². The van der Waals surface area contributed by atoms with E-state index < -0.39 is 5.91 Å². The van der Waals surface area contributed by atoms with Crippen LogP contribution in [-0.2, 0) is 16.0 Å². The number of rotatable bonds is 6. The highest BCUT2D eigenvalue weighted by atomic mass is 16.5. The maximum atomic E-state index is 12.9. The van der Waals surface area contributed by atoms with Crippen LogP contribution in [0.25, 0.3) is 6.08 Å². The largest absolute Gasteiger partial charge is 0.493 e. The summed E-state index contributed by atoms with van der Waals surface area (Å²) in [5.41, 5.74) is 10.5. The van der Waals surface area contributed by atoms with Crippen molar-refractivity contribution in [1.29, 1.82) is 0 Å². The van der Waals surface area contributed by atoms with Crippen molar-refractivity contribution in [2.75, 3.05) is 25.2 Å². The number of amides is 2. The van der Waals surface area contributed by atoms with E-state index >= 15 is 0 Å². The molecule has 1 heterocycles. The van der Waals surface area contributed by atoms with Gasteiger partial charge in [-0.1, -0.05) is 12.1 Å². The van der Waals surface area contributed by atoms with Gasteiger partial charge in [0.15, 0.2) is 18.1 Å². The van der Waals surface area contributed by atoms with Gasteiger partial charge < -0.3 is 20.1 Å². The lowest BCUT2D eigenvalue weighted by atomic mass is 9.95. The first kappa shape index (κ1) is 20.5. The van der Waals surface area contributed by atoms with Crippen LogP contribution in [0.15, 0.2) is 36.4 Å². The maximum Gasteiger partial charge on any atom is 0.255 e. The molecule has 2 aromatic rings. The van der Waals surface area contributed by atoms with Crippen molar-refractivity contribution >= 4 is 23.6 Å². The normalized spacial score (nSPS) is 13.3. The molecule has 0 saturated heterocycles. The minimum Gasteiger partial charge on any atom is -0.493 e. The molecule has 2 amide bonds. The molecule has 0 fully saturated rings. The van der Waals surface area contributed by atoms with E-state index in [9.17, 15) is 9.59 Å². The molecule has 2 aromatic carbocycles. The Bertz CT molecular complexity index is 966. The fourth-order valence-corrected chi connectivity index (χ4v) is 3.62. The number of nitrogens with two attached hydrogens (primary N) is 1. The smallest absolute Gasteiger partial charge is 0.255 e. The molecule has 3 rings (SSSR count). The second-order valence-corrected chi connectivity index (χ2v) is 7.17. The third-order valence-corrected chi connectivity index (χ3v) is 4.94. The van der Waals surface area contributed by atoms with Crippen LogP contribution in [0.4, 0.5) is 5.69 Å². The number of benzene rings is 2. The lowest BCUT2D eigenvalue weighted by Gasteiger charge is -2.30. The summed E-state index contributed by atoms with van der Waals surface area (Å²) in [6.45, 7) is 4.64. The standard InChI is InChI=1S/C23H26N2O4/c1-15-11-16(2)18-5-4-10-25(19(18)12-15)23(27)9-7-17-6-8-20(21(13-17)28-3)29-14-22(24)26/h6-9,11-13H,4-5,10,14H2,1-3H3,(H2,24,26). The predicted molar refractivity (Wildman–Crippen MR) is 113 cm³/mol. The number of primary amides is 1. The third-order valence-electron chi connectivity index (χ3n) is 4.94. The number of carbonyl (C=O) groups excluding carboxylic acids is 2. The first-order valence-electron chi connectivity index (χ1n) is 9.58. The number of anilines is 1. The summed E-state index contributed by atoms with van der Waals surface area (Å²) in [5.74, 6) is 0.277. The van der Waals surface area contributed by atoms with E-state index in [1.807, 2.05) is 4.90 Å². The second kappa shape index (κ2) is 8.82. The summed E-state index contributed by atoms with van der Waals surface area (Å²) in [6, 6.07) is 9.48. The SMILES string of the molecule is COc1cc(C=CC(=O)N2CCCc3c(C)cc(C)cc32)ccc1OCC(N)=O. The van der Waals surface area contributed by atoms with E-state index in [1.165, 1.54) is 18.2 Å². The van der Waals surface area contributed by atoms with Gasteiger partial charge >= 0.3 is 0 Å². The molecule has 152 valence electrons. The van der Waals surface area contributed by atoms with Crippen molar-refractivity contribution in [3.8, 4) is 11.5 Å². The topological polar surface area (TPSA) is 81.9 Å². The van der Waals surface area contributed by atoms with Crippen LogP contribution in [0.1, 0.15) is 28.7 Å². The molecule has 29 heavy (non-hydrogen) atoms. The first-order valence-corrected chi connectivity index (χ1v) is 9.58. The Labute approximate surface area is 170 Å². The van der Waals surface area contributed by atoms with Crippen LogP contribution in [0.5, 0.6) is 11.5 Å². The van der Waals surface area contributed by atoms with Gasteiger partial charge in [0, 0.05) is 18.3 Å². The number of carbonyl (C=O) groups is 2. The molecule has 6 nitrogen and oxygen atoms in total. The van der Waals surface area contributed by atoms with Crippen molar-refractivity contribution < 1.29 is 19.1 Å². The van der Waals surface area contributed by atoms with Gasteiger partial charge in [-0.3, -0.25) is 9.59 Å². The maximum absolute atomic E-state index is 12.9. The Morgan fingerprint density at radius 2 is 1.97 bits per heavy atom. The summed E-state index contributed by atoms with van der Waals surface area (Å²) in [7, 11) is 1.51. The van der Waals surface area contributed by atoms with E-state index in [-0.39, 0.29) is 12.5 Å². The van der Waals surface area contributed by atoms with Crippen LogP contribution in [0, 0.1) is 13.8 Å². The Morgan fingerprint density at radius 1 is 1.17 bits per heavy atom. The van der Waals surface area contributed by atoms with Crippen molar-refractivity contribution in [2.45, 2.75) is 26.7 Å². The highest BCUT2D eigenvalue weighted by molar-refractivity contribution is 6.04. The molecule has 6 heteroatoms. The van der Waals surface area contributed by atoms with E-state index in [4.69, 9.17) is 15.2 Å². The van der Waals surface area contributed by atoms with Gasteiger partial charge in [0.1, 0.15) is 0 Å². The zero-order valence-electron chi connectivity index (χ0n) is 17.0. The van der Waals surface area contributed by atoms with Crippen LogP contribution in [-0.4, -0.2) is 32.1 Å². The zero-order chi connectivity index (χ0) is 21.0. The van der Waals surface area contributed by atoms with Crippen LogP contribution in [0.2, 0.25) is 0 Å². The van der Waals surface area contributed by atoms with Gasteiger partial charge in [-0.2, -0.15) is 0 Å². The van der Waals surface area contributed by atoms with Crippen molar-refractivity contribution in [3.63, 3.8) is 0 Å². The van der Waals surface area contributed by atoms with Gasteiger partial charge in [-0.05, 0) is 73.2 Å². The molecular formula is C23H26N2O4. The molecule has 2 N–H and O–H groups in total. The van der Waals surface area contributed by atoms with Gasteiger partial charge in [-0.25, -0.2) is 0 Å². The summed E-state index contributed by atoms with van der Waals surface area (Å²) >= 11 is 0. The fraction of sp³-hybridized carbons (Fsp3) is 0.304. The summed E-state index contributed by atoms with van der Waals surface area (Å²) in [4.78, 5) is 25.6. The second-order valence-electron chi connectivity index (χ2n) is 7.17. The number of fused-ring (bicyclic) bond motifs is 1. The number of methoxy groups -OCH3 is 1. The van der Waals surface area contributed by atoms with E-state index in [0.717, 1.165) is 29.7 Å². The first-order chi connectivity index (χ1) is 13.9. The predicted octanol–water partition coefficient (Wildman–Crippen LogP) is 3.17. The lowest BCUT2D eigenvalue weighted by Crippen LogP contribution is -2.34. The number of hydrogen-bond acceptors (Lipinski definition) is 4. The van der Waals surface area contributed by atoms with E-state index in [1.54, 1.807) is 30.4 Å². The molecule has 0 bridgehead atoms. The molecule has 0 unspecified atom stereocenters. The molecule has 0 radical (unpaired) electrons. The van der Waals surface area contributed by atoms with Gasteiger partial charge in [-0.15, -0.1) is 0 Å². The minimum absolute atomic E-state index is 0.0519. The lowest BCUT2D eigenvalue weighted by molar-refractivity contribution is -0.120. The molecule has 0 spiro atoms. The number of nitrogens with zero attached hydrogens (tertiary/aromatic N) is 1. The number of ether oxygens (including phenoxy) is 2. The molecule has 0 saturated carbocycles. The summed E-state index contributed by atoms with van der Waals surface area (Å²) < 4.78 is 10.6. The molecule has 1 aliphatic heterocycles.